The molecule has 0 fully saturated rings. The minimum Gasteiger partial charge on any atom is -0.343 e. The molecule has 0 spiro atoms. The van der Waals surface area contributed by atoms with Crippen molar-refractivity contribution in [2.45, 2.75) is 0 Å². The molecule has 0 saturated carbocycles. The fraction of sp³-hybridized carbons (Fsp3) is 0. The monoisotopic (exact) mass is 303 g/mol. The molecule has 0 unspecified atom stereocenters. The molecule has 19 heavy (non-hydrogen) atoms. The van der Waals surface area contributed by atoms with E-state index in [0.717, 1.165) is 19.4 Å². The lowest BCUT2D eigenvalue weighted by Gasteiger charge is -2.03. The molecule has 0 amide bonds. The van der Waals surface area contributed by atoms with Crippen molar-refractivity contribution >= 4 is 35.2 Å². The number of aromatic nitrogens is 1. The van der Waals surface area contributed by atoms with Crippen LogP contribution in [0, 0.1) is 3.95 Å². The van der Waals surface area contributed by atoms with E-state index in [1.807, 2.05) is 30.5 Å². The molecule has 2 aromatic carbocycles. The highest BCUT2D eigenvalue weighted by Crippen LogP contribution is 2.28. The second kappa shape index (κ2) is 5.29. The normalized spacial score (nSPS) is 10.6. The molecule has 0 radical (unpaired) electrons. The zero-order valence-electron chi connectivity index (χ0n) is 9.89. The van der Waals surface area contributed by atoms with Crippen LogP contribution in [-0.2, 0) is 0 Å². The standard InChI is InChI=1S/C15H10ClNS2/c16-13-7-5-11(6-8-13)10-1-3-12(4-2-10)14-9-17-15(18)19-14/h1-9H,(H,17,18). The fourth-order valence-corrected chi connectivity index (χ4v) is 3.04. The molecule has 4 heteroatoms. The van der Waals surface area contributed by atoms with Gasteiger partial charge in [0, 0.05) is 11.2 Å². The van der Waals surface area contributed by atoms with Crippen LogP contribution in [0.4, 0.5) is 0 Å². The second-order valence-electron chi connectivity index (χ2n) is 4.13. The van der Waals surface area contributed by atoms with E-state index in [1.165, 1.54) is 11.1 Å². The molecule has 0 aliphatic rings. The van der Waals surface area contributed by atoms with E-state index in [9.17, 15) is 0 Å². The zero-order valence-corrected chi connectivity index (χ0v) is 12.3. The third-order valence-corrected chi connectivity index (χ3v) is 4.37. The number of benzene rings is 2. The lowest BCUT2D eigenvalue weighted by molar-refractivity contribution is 1.40. The number of hydrogen-bond donors (Lipinski definition) is 1. The Balaban J connectivity index is 1.94. The first-order valence-electron chi connectivity index (χ1n) is 5.77. The van der Waals surface area contributed by atoms with E-state index in [2.05, 4.69) is 29.2 Å². The van der Waals surface area contributed by atoms with Crippen LogP contribution in [0.2, 0.25) is 5.02 Å². The molecule has 0 atom stereocenters. The Bertz CT molecular complexity index is 739. The molecule has 1 heterocycles. The number of rotatable bonds is 2. The summed E-state index contributed by atoms with van der Waals surface area (Å²) >= 11 is 12.6. The Labute approximate surface area is 125 Å². The van der Waals surface area contributed by atoms with Crippen molar-refractivity contribution in [2.24, 2.45) is 0 Å². The summed E-state index contributed by atoms with van der Waals surface area (Å²) in [5.74, 6) is 0. The molecular weight excluding hydrogens is 294 g/mol. The van der Waals surface area contributed by atoms with E-state index in [1.54, 1.807) is 11.3 Å². The molecular formula is C15H10ClNS2. The van der Waals surface area contributed by atoms with Gasteiger partial charge in [-0.15, -0.1) is 11.3 Å². The topological polar surface area (TPSA) is 15.8 Å². The van der Waals surface area contributed by atoms with Crippen LogP contribution in [0.3, 0.4) is 0 Å². The largest absolute Gasteiger partial charge is 0.343 e. The number of halogens is 1. The molecule has 0 saturated heterocycles. The number of aromatic amines is 1. The smallest absolute Gasteiger partial charge is 0.158 e. The minimum atomic E-state index is 0.757. The maximum absolute atomic E-state index is 5.89. The van der Waals surface area contributed by atoms with Gasteiger partial charge in [0.15, 0.2) is 3.95 Å². The summed E-state index contributed by atoms with van der Waals surface area (Å²) in [7, 11) is 0. The summed E-state index contributed by atoms with van der Waals surface area (Å²) in [6.45, 7) is 0. The Kier molecular flexibility index (Phi) is 3.51. The van der Waals surface area contributed by atoms with Crippen LogP contribution in [0.15, 0.2) is 54.7 Å². The Morgan fingerprint density at radius 2 is 1.37 bits per heavy atom. The number of hydrogen-bond acceptors (Lipinski definition) is 2. The quantitative estimate of drug-likeness (QED) is 0.592. The third kappa shape index (κ3) is 2.78. The molecule has 94 valence electrons. The minimum absolute atomic E-state index is 0.757. The van der Waals surface area contributed by atoms with Crippen molar-refractivity contribution in [3.05, 3.63) is 63.7 Å². The van der Waals surface area contributed by atoms with E-state index in [4.69, 9.17) is 23.8 Å². The van der Waals surface area contributed by atoms with Crippen molar-refractivity contribution in [2.75, 3.05) is 0 Å². The Morgan fingerprint density at radius 1 is 0.842 bits per heavy atom. The average Bonchev–Trinajstić information content (AvgIpc) is 2.87. The summed E-state index contributed by atoms with van der Waals surface area (Å²) in [6, 6.07) is 16.3. The molecule has 1 N–H and O–H groups in total. The number of H-pyrrole nitrogens is 1. The first-order chi connectivity index (χ1) is 9.22. The fourth-order valence-electron chi connectivity index (χ4n) is 1.89. The molecule has 0 aliphatic carbocycles. The number of nitrogens with one attached hydrogen (secondary N) is 1. The summed E-state index contributed by atoms with van der Waals surface area (Å²) in [6.07, 6.45) is 1.95. The van der Waals surface area contributed by atoms with Gasteiger partial charge >= 0.3 is 0 Å². The van der Waals surface area contributed by atoms with E-state index in [-0.39, 0.29) is 0 Å². The summed E-state index contributed by atoms with van der Waals surface area (Å²) in [5, 5.41) is 0.757. The SMILES string of the molecule is S=c1[nH]cc(-c2ccc(-c3ccc(Cl)cc3)cc2)s1. The summed E-state index contributed by atoms with van der Waals surface area (Å²) < 4.78 is 0.803. The Morgan fingerprint density at radius 3 is 1.89 bits per heavy atom. The molecule has 1 nitrogen and oxygen atoms in total. The van der Waals surface area contributed by atoms with Gasteiger partial charge in [-0.2, -0.15) is 0 Å². The van der Waals surface area contributed by atoms with Gasteiger partial charge in [-0.3, -0.25) is 0 Å². The van der Waals surface area contributed by atoms with Gasteiger partial charge in [0.25, 0.3) is 0 Å². The van der Waals surface area contributed by atoms with E-state index >= 15 is 0 Å². The lowest BCUT2D eigenvalue weighted by Crippen LogP contribution is -1.78. The summed E-state index contributed by atoms with van der Waals surface area (Å²) in [5.41, 5.74) is 3.52. The number of thiazole rings is 1. The molecule has 3 rings (SSSR count). The van der Waals surface area contributed by atoms with Gasteiger partial charge in [-0.1, -0.05) is 48.0 Å². The molecule has 0 aliphatic heterocycles. The molecule has 3 aromatic rings. The van der Waals surface area contributed by atoms with Crippen molar-refractivity contribution in [1.29, 1.82) is 0 Å². The van der Waals surface area contributed by atoms with E-state index < -0.39 is 0 Å². The predicted molar refractivity (Wildman–Crippen MR) is 85.4 cm³/mol. The lowest BCUT2D eigenvalue weighted by atomic mass is 10.0. The van der Waals surface area contributed by atoms with Crippen LogP contribution in [-0.4, -0.2) is 4.98 Å². The van der Waals surface area contributed by atoms with E-state index in [0.29, 0.717) is 0 Å². The molecule has 0 bridgehead atoms. The predicted octanol–water partition coefficient (Wildman–Crippen LogP) is 5.79. The van der Waals surface area contributed by atoms with Crippen molar-refractivity contribution in [3.63, 3.8) is 0 Å². The highest BCUT2D eigenvalue weighted by Gasteiger charge is 2.02. The van der Waals surface area contributed by atoms with Gasteiger partial charge in [0.05, 0.1) is 4.88 Å². The van der Waals surface area contributed by atoms with Gasteiger partial charge in [-0.25, -0.2) is 0 Å². The van der Waals surface area contributed by atoms with Crippen LogP contribution >= 0.6 is 35.2 Å². The van der Waals surface area contributed by atoms with Crippen LogP contribution in [0.5, 0.6) is 0 Å². The highest BCUT2D eigenvalue weighted by molar-refractivity contribution is 7.73. The first kappa shape index (κ1) is 12.6. The Hall–Kier alpha value is -1.42. The first-order valence-corrected chi connectivity index (χ1v) is 7.37. The van der Waals surface area contributed by atoms with Gasteiger partial charge in [0.2, 0.25) is 0 Å². The van der Waals surface area contributed by atoms with Crippen molar-refractivity contribution in [3.8, 4) is 21.6 Å². The maximum atomic E-state index is 5.89. The second-order valence-corrected chi connectivity index (χ2v) is 6.28. The third-order valence-electron chi connectivity index (χ3n) is 2.87. The van der Waals surface area contributed by atoms with Crippen molar-refractivity contribution in [1.82, 2.24) is 4.98 Å². The van der Waals surface area contributed by atoms with Crippen LogP contribution in [0.25, 0.3) is 21.6 Å². The average molecular weight is 304 g/mol. The highest BCUT2D eigenvalue weighted by atomic mass is 35.5. The molecule has 1 aromatic heterocycles. The zero-order chi connectivity index (χ0) is 13.2. The summed E-state index contributed by atoms with van der Waals surface area (Å²) in [4.78, 5) is 4.20. The van der Waals surface area contributed by atoms with Crippen LogP contribution < -0.4 is 0 Å². The van der Waals surface area contributed by atoms with Crippen molar-refractivity contribution < 1.29 is 0 Å². The van der Waals surface area contributed by atoms with Crippen LogP contribution in [0.1, 0.15) is 0 Å². The maximum Gasteiger partial charge on any atom is 0.158 e. The van der Waals surface area contributed by atoms with Gasteiger partial charge < -0.3 is 4.98 Å². The van der Waals surface area contributed by atoms with Gasteiger partial charge in [-0.05, 0) is 41.0 Å². The van der Waals surface area contributed by atoms with Gasteiger partial charge in [0.1, 0.15) is 0 Å².